The first-order valence-electron chi connectivity index (χ1n) is 11.4. The Kier molecular flexibility index (Phi) is 9.22. The maximum absolute atomic E-state index is 6.43. The van der Waals surface area contributed by atoms with Crippen molar-refractivity contribution in [2.75, 3.05) is 33.2 Å². The van der Waals surface area contributed by atoms with Gasteiger partial charge < -0.3 is 15.5 Å². The summed E-state index contributed by atoms with van der Waals surface area (Å²) in [6.07, 6.45) is 16.8. The molecule has 0 aromatic heterocycles. The average Bonchev–Trinajstić information content (AvgIpc) is 3.12. The number of likely N-dealkylation sites (tertiary alicyclic amines) is 1. The summed E-state index contributed by atoms with van der Waals surface area (Å²) in [6, 6.07) is 0. The second-order valence-corrected chi connectivity index (χ2v) is 9.84. The molecular formula is C22H42Cl2N4. The lowest BCUT2D eigenvalue weighted by molar-refractivity contribution is -0.0629. The summed E-state index contributed by atoms with van der Waals surface area (Å²) in [5.74, 6) is 3.71. The molecule has 2 N–H and O–H groups in total. The third-order valence-corrected chi connectivity index (χ3v) is 7.89. The van der Waals surface area contributed by atoms with Crippen LogP contribution in [-0.2, 0) is 0 Å². The predicted molar refractivity (Wildman–Crippen MR) is 124 cm³/mol. The van der Waals surface area contributed by atoms with Crippen molar-refractivity contribution in [3.8, 4) is 0 Å². The smallest absolute Gasteiger partial charge is 0.191 e. The molecule has 0 aromatic rings. The van der Waals surface area contributed by atoms with Crippen LogP contribution >= 0.6 is 24.8 Å². The lowest BCUT2D eigenvalue weighted by Crippen LogP contribution is -2.63. The fourth-order valence-corrected chi connectivity index (χ4v) is 7.08. The van der Waals surface area contributed by atoms with Crippen molar-refractivity contribution >= 4 is 30.8 Å². The summed E-state index contributed by atoms with van der Waals surface area (Å²) in [4.78, 5) is 9.64. The largest absolute Gasteiger partial charge is 0.370 e. The van der Waals surface area contributed by atoms with Crippen LogP contribution < -0.4 is 5.73 Å². The van der Waals surface area contributed by atoms with Crippen LogP contribution in [0, 0.1) is 17.8 Å². The molecular weight excluding hydrogens is 391 g/mol. The van der Waals surface area contributed by atoms with Crippen LogP contribution in [0.15, 0.2) is 4.99 Å². The molecule has 4 nitrogen and oxygen atoms in total. The quantitative estimate of drug-likeness (QED) is 0.343. The predicted octanol–water partition coefficient (Wildman–Crippen LogP) is 4.70. The first kappa shape index (κ1) is 24.1. The number of hydrogen-bond donors (Lipinski definition) is 1. The van der Waals surface area contributed by atoms with Crippen LogP contribution in [0.2, 0.25) is 0 Å². The highest BCUT2D eigenvalue weighted by molar-refractivity contribution is 5.85. The molecule has 28 heavy (non-hydrogen) atoms. The molecule has 4 aliphatic carbocycles. The van der Waals surface area contributed by atoms with Gasteiger partial charge in [-0.2, -0.15) is 0 Å². The number of nitrogens with two attached hydrogens (primary N) is 1. The Hall–Kier alpha value is -0.190. The van der Waals surface area contributed by atoms with Gasteiger partial charge in [0.2, 0.25) is 0 Å². The standard InChI is InChI=1S/C22H40N4.2ClH/c1-24-21(23)26(11-5-3-2-4-8-25-9-6-7-10-25)22-15-18-12-19(16-22)14-20(13-18)17-22;;/h18-20H,2-17H2,1H3,(H2,23,24);2*1H. The number of halogens is 2. The van der Waals surface area contributed by atoms with E-state index in [4.69, 9.17) is 5.73 Å². The summed E-state index contributed by atoms with van der Waals surface area (Å²) in [7, 11) is 1.87. The first-order valence-corrected chi connectivity index (χ1v) is 11.4. The van der Waals surface area contributed by atoms with Gasteiger partial charge in [0.05, 0.1) is 0 Å². The molecule has 0 radical (unpaired) electrons. The number of guanidine groups is 1. The van der Waals surface area contributed by atoms with E-state index in [0.29, 0.717) is 5.54 Å². The highest BCUT2D eigenvalue weighted by Gasteiger charge is 2.53. The molecule has 0 aromatic carbocycles. The van der Waals surface area contributed by atoms with Crippen molar-refractivity contribution in [3.63, 3.8) is 0 Å². The molecule has 164 valence electrons. The Bertz CT molecular complexity index is 469. The first-order chi connectivity index (χ1) is 12.7. The van der Waals surface area contributed by atoms with Crippen LogP contribution in [0.4, 0.5) is 0 Å². The Morgan fingerprint density at radius 2 is 1.46 bits per heavy atom. The van der Waals surface area contributed by atoms with Crippen molar-refractivity contribution in [3.05, 3.63) is 0 Å². The molecule has 1 heterocycles. The van der Waals surface area contributed by atoms with Crippen molar-refractivity contribution in [2.24, 2.45) is 28.5 Å². The van der Waals surface area contributed by atoms with Crippen molar-refractivity contribution in [1.82, 2.24) is 9.80 Å². The third-order valence-electron chi connectivity index (χ3n) is 7.89. The van der Waals surface area contributed by atoms with Gasteiger partial charge in [0.25, 0.3) is 0 Å². The molecule has 4 saturated carbocycles. The van der Waals surface area contributed by atoms with E-state index in [-0.39, 0.29) is 24.8 Å². The Morgan fingerprint density at radius 3 is 2.00 bits per heavy atom. The van der Waals surface area contributed by atoms with E-state index in [9.17, 15) is 0 Å². The van der Waals surface area contributed by atoms with Gasteiger partial charge in [-0.15, -0.1) is 24.8 Å². The highest BCUT2D eigenvalue weighted by atomic mass is 35.5. The minimum atomic E-state index is 0. The van der Waals surface area contributed by atoms with Gasteiger partial charge in [-0.25, -0.2) is 0 Å². The highest BCUT2D eigenvalue weighted by Crippen LogP contribution is 2.57. The molecule has 0 spiro atoms. The van der Waals surface area contributed by atoms with E-state index in [1.165, 1.54) is 96.7 Å². The van der Waals surface area contributed by atoms with E-state index in [1.54, 1.807) is 0 Å². The second-order valence-electron chi connectivity index (χ2n) is 9.84. The van der Waals surface area contributed by atoms with Crippen molar-refractivity contribution in [1.29, 1.82) is 0 Å². The summed E-state index contributed by atoms with van der Waals surface area (Å²) in [5, 5.41) is 0. The van der Waals surface area contributed by atoms with Gasteiger partial charge in [0.1, 0.15) is 0 Å². The van der Waals surface area contributed by atoms with E-state index in [0.717, 1.165) is 30.3 Å². The number of hydrogen-bond acceptors (Lipinski definition) is 2. The summed E-state index contributed by atoms with van der Waals surface area (Å²) < 4.78 is 0. The fraction of sp³-hybridized carbons (Fsp3) is 0.955. The Labute approximate surface area is 184 Å². The normalized spacial score (nSPS) is 34.2. The van der Waals surface area contributed by atoms with Gasteiger partial charge in [0.15, 0.2) is 5.96 Å². The maximum atomic E-state index is 6.43. The number of aliphatic imine (C=N–C) groups is 1. The van der Waals surface area contributed by atoms with E-state index in [2.05, 4.69) is 14.8 Å². The molecule has 0 amide bonds. The van der Waals surface area contributed by atoms with E-state index >= 15 is 0 Å². The molecule has 5 fully saturated rings. The second kappa shape index (κ2) is 10.7. The van der Waals surface area contributed by atoms with Gasteiger partial charge in [-0.05, 0) is 102 Å². The molecule has 5 rings (SSSR count). The molecule has 6 heteroatoms. The van der Waals surface area contributed by atoms with Crippen LogP contribution in [0.5, 0.6) is 0 Å². The number of unbranched alkanes of at least 4 members (excludes halogenated alkanes) is 3. The summed E-state index contributed by atoms with van der Waals surface area (Å²) >= 11 is 0. The Balaban J connectivity index is 0.00000140. The summed E-state index contributed by atoms with van der Waals surface area (Å²) in [6.45, 7) is 5.11. The van der Waals surface area contributed by atoms with Crippen LogP contribution in [-0.4, -0.2) is 54.5 Å². The lowest BCUT2D eigenvalue weighted by atomic mass is 9.52. The average molecular weight is 434 g/mol. The molecule has 5 aliphatic rings. The minimum Gasteiger partial charge on any atom is -0.370 e. The molecule has 4 bridgehead atoms. The zero-order chi connectivity index (χ0) is 18.0. The zero-order valence-electron chi connectivity index (χ0n) is 17.8. The monoisotopic (exact) mass is 432 g/mol. The van der Waals surface area contributed by atoms with Gasteiger partial charge in [-0.1, -0.05) is 12.8 Å². The number of nitrogens with zero attached hydrogens (tertiary/aromatic N) is 3. The number of rotatable bonds is 8. The van der Waals surface area contributed by atoms with Crippen LogP contribution in [0.3, 0.4) is 0 Å². The molecule has 0 atom stereocenters. The minimum absolute atomic E-state index is 0. The molecule has 1 aliphatic heterocycles. The van der Waals surface area contributed by atoms with Crippen molar-refractivity contribution in [2.45, 2.75) is 82.6 Å². The van der Waals surface area contributed by atoms with E-state index in [1.807, 2.05) is 7.05 Å². The van der Waals surface area contributed by atoms with Crippen molar-refractivity contribution < 1.29 is 0 Å². The van der Waals surface area contributed by atoms with Gasteiger partial charge >= 0.3 is 0 Å². The lowest BCUT2D eigenvalue weighted by Gasteiger charge is -2.60. The van der Waals surface area contributed by atoms with Gasteiger partial charge in [-0.3, -0.25) is 4.99 Å². The van der Waals surface area contributed by atoms with Crippen LogP contribution in [0.25, 0.3) is 0 Å². The Morgan fingerprint density at radius 1 is 0.929 bits per heavy atom. The van der Waals surface area contributed by atoms with Crippen LogP contribution in [0.1, 0.15) is 77.0 Å². The SMILES string of the molecule is CN=C(N)N(CCCCCCN1CCCC1)C12CC3CC(CC(C3)C1)C2.Cl.Cl. The molecule has 1 saturated heterocycles. The van der Waals surface area contributed by atoms with Gasteiger partial charge in [0, 0.05) is 19.1 Å². The summed E-state index contributed by atoms with van der Waals surface area (Å²) in [5.41, 5.74) is 6.79. The molecule has 0 unspecified atom stereocenters. The fourth-order valence-electron chi connectivity index (χ4n) is 7.08. The third kappa shape index (κ3) is 5.29. The maximum Gasteiger partial charge on any atom is 0.191 e. The topological polar surface area (TPSA) is 44.9 Å². The zero-order valence-corrected chi connectivity index (χ0v) is 19.4. The van der Waals surface area contributed by atoms with E-state index < -0.39 is 0 Å².